The minimum Gasteiger partial charge on any atom is -0.477 e. The van der Waals surface area contributed by atoms with Gasteiger partial charge in [-0.1, -0.05) is 35.9 Å². The van der Waals surface area contributed by atoms with E-state index in [1.807, 2.05) is 6.07 Å². The van der Waals surface area contributed by atoms with Crippen molar-refractivity contribution in [3.63, 3.8) is 0 Å². The third kappa shape index (κ3) is 3.37. The summed E-state index contributed by atoms with van der Waals surface area (Å²) < 4.78 is 12.2. The van der Waals surface area contributed by atoms with Gasteiger partial charge in [-0.25, -0.2) is 9.88 Å². The number of aliphatic hydroxyl groups is 1. The maximum Gasteiger partial charge on any atom is 0.240 e. The molecule has 2 aromatic carbocycles. The van der Waals surface area contributed by atoms with Crippen molar-refractivity contribution in [2.24, 2.45) is 11.8 Å². The van der Waals surface area contributed by atoms with Crippen molar-refractivity contribution in [1.29, 1.82) is 5.26 Å². The first-order valence-electron chi connectivity index (χ1n) is 12.0. The van der Waals surface area contributed by atoms with E-state index in [0.717, 1.165) is 0 Å². The molecule has 0 radical (unpaired) electrons. The number of nitrogens with zero attached hydrogens (tertiary/aromatic N) is 4. The standard InChI is InChI=1S/C27H23ClN4O5/c1-14-30-20(28)11-21(31-14)36-10-9-27-12-19(33)26(2,37-27)22-23(27)25(35)32(24(22)34)18-8-7-15(13-29)16-5-3-4-6-17(16)18/h3-8,11,19,22-23,33H,9-10,12H2,1-2H3/t19-,22-,23+,26-,27+/m0/s1. The fraction of sp³-hybridized carbons (Fsp3) is 0.370. The molecule has 2 bridgehead atoms. The van der Waals surface area contributed by atoms with Crippen molar-refractivity contribution in [3.8, 4) is 11.9 Å². The Bertz CT molecular complexity index is 1500. The van der Waals surface area contributed by atoms with Crippen LogP contribution in [0.1, 0.15) is 31.2 Å². The minimum absolute atomic E-state index is 0.139. The number of ether oxygens (including phenoxy) is 2. The van der Waals surface area contributed by atoms with E-state index in [0.29, 0.717) is 33.7 Å². The summed E-state index contributed by atoms with van der Waals surface area (Å²) >= 11 is 6.00. The van der Waals surface area contributed by atoms with E-state index in [2.05, 4.69) is 16.0 Å². The third-order valence-corrected chi connectivity index (χ3v) is 8.13. The normalized spacial score (nSPS) is 30.1. The molecule has 37 heavy (non-hydrogen) atoms. The van der Waals surface area contributed by atoms with E-state index < -0.39 is 35.0 Å². The summed E-state index contributed by atoms with van der Waals surface area (Å²) in [6.07, 6.45) is -0.444. The van der Waals surface area contributed by atoms with Crippen LogP contribution in [0, 0.1) is 30.1 Å². The number of carbonyl (C=O) groups is 2. The van der Waals surface area contributed by atoms with E-state index in [4.69, 9.17) is 21.1 Å². The van der Waals surface area contributed by atoms with Crippen LogP contribution >= 0.6 is 11.6 Å². The average Bonchev–Trinajstić information content (AvgIpc) is 3.39. The van der Waals surface area contributed by atoms with Gasteiger partial charge in [0.05, 0.1) is 47.5 Å². The molecule has 3 fully saturated rings. The number of amides is 2. The van der Waals surface area contributed by atoms with Gasteiger partial charge in [0, 0.05) is 29.7 Å². The van der Waals surface area contributed by atoms with Gasteiger partial charge in [0.2, 0.25) is 17.7 Å². The molecule has 0 saturated carbocycles. The quantitative estimate of drug-likeness (QED) is 0.402. The van der Waals surface area contributed by atoms with Gasteiger partial charge in [-0.2, -0.15) is 10.2 Å². The highest BCUT2D eigenvalue weighted by Gasteiger charge is 2.77. The number of carbonyl (C=O) groups excluding carboxylic acids is 2. The summed E-state index contributed by atoms with van der Waals surface area (Å²) in [6.45, 7) is 3.54. The van der Waals surface area contributed by atoms with Gasteiger partial charge in [-0.3, -0.25) is 9.59 Å². The van der Waals surface area contributed by atoms with E-state index in [-0.39, 0.29) is 30.5 Å². The molecule has 4 heterocycles. The molecule has 1 N–H and O–H groups in total. The molecule has 3 saturated heterocycles. The average molecular weight is 519 g/mol. The lowest BCUT2D eigenvalue weighted by Crippen LogP contribution is -2.49. The van der Waals surface area contributed by atoms with Crippen LogP contribution < -0.4 is 9.64 Å². The van der Waals surface area contributed by atoms with Crippen LogP contribution in [0.25, 0.3) is 10.8 Å². The number of benzene rings is 2. The van der Waals surface area contributed by atoms with Crippen LogP contribution in [-0.4, -0.2) is 50.8 Å². The lowest BCUT2D eigenvalue weighted by atomic mass is 9.66. The Labute approximate surface area is 217 Å². The summed E-state index contributed by atoms with van der Waals surface area (Å²) in [5.41, 5.74) is -1.40. The van der Waals surface area contributed by atoms with Crippen LogP contribution in [0.15, 0.2) is 42.5 Å². The van der Waals surface area contributed by atoms with E-state index in [1.54, 1.807) is 44.2 Å². The number of hydrogen-bond donors (Lipinski definition) is 1. The van der Waals surface area contributed by atoms with Crippen LogP contribution in [-0.2, 0) is 14.3 Å². The molecular formula is C27H23ClN4O5. The van der Waals surface area contributed by atoms with Crippen molar-refractivity contribution in [2.75, 3.05) is 11.5 Å². The van der Waals surface area contributed by atoms with Crippen molar-refractivity contribution in [3.05, 3.63) is 59.0 Å². The van der Waals surface area contributed by atoms with Gasteiger partial charge in [0.1, 0.15) is 16.6 Å². The predicted octanol–water partition coefficient (Wildman–Crippen LogP) is 3.33. The SMILES string of the molecule is Cc1nc(Cl)cc(OCC[C@]23C[C@H](O)[C@](C)(O2)[C@@H]2C(=O)N(c4ccc(C#N)c5ccccc45)C(=O)[C@@H]23)n1. The summed E-state index contributed by atoms with van der Waals surface area (Å²) in [4.78, 5) is 37.2. The lowest BCUT2D eigenvalue weighted by Gasteiger charge is -2.33. The number of aliphatic hydroxyl groups excluding tert-OH is 1. The number of aryl methyl sites for hydroxylation is 1. The molecule has 3 aliphatic rings. The fourth-order valence-corrected chi connectivity index (χ4v) is 6.56. The van der Waals surface area contributed by atoms with Crippen LogP contribution in [0.2, 0.25) is 5.15 Å². The molecule has 0 aliphatic carbocycles. The number of hydrogen-bond acceptors (Lipinski definition) is 8. The first-order valence-corrected chi connectivity index (χ1v) is 12.4. The Morgan fingerprint density at radius 3 is 2.65 bits per heavy atom. The van der Waals surface area contributed by atoms with E-state index in [9.17, 15) is 20.0 Å². The zero-order valence-electron chi connectivity index (χ0n) is 20.1. The summed E-state index contributed by atoms with van der Waals surface area (Å²) in [7, 11) is 0. The van der Waals surface area contributed by atoms with Crippen molar-refractivity contribution in [1.82, 2.24) is 9.97 Å². The van der Waals surface area contributed by atoms with Crippen molar-refractivity contribution in [2.45, 2.75) is 44.0 Å². The number of nitriles is 1. The third-order valence-electron chi connectivity index (χ3n) is 7.94. The number of imide groups is 1. The molecule has 3 aliphatic heterocycles. The van der Waals surface area contributed by atoms with Crippen molar-refractivity contribution >= 4 is 39.9 Å². The largest absolute Gasteiger partial charge is 0.477 e. The monoisotopic (exact) mass is 518 g/mol. The molecular weight excluding hydrogens is 496 g/mol. The topological polar surface area (TPSA) is 126 Å². The second kappa shape index (κ2) is 8.21. The summed E-state index contributed by atoms with van der Waals surface area (Å²) in [6, 6.07) is 14.1. The second-order valence-electron chi connectivity index (χ2n) is 10.0. The zero-order valence-corrected chi connectivity index (χ0v) is 20.9. The van der Waals surface area contributed by atoms with E-state index >= 15 is 0 Å². The minimum atomic E-state index is -1.20. The van der Waals surface area contributed by atoms with Crippen LogP contribution in [0.5, 0.6) is 5.88 Å². The summed E-state index contributed by atoms with van der Waals surface area (Å²) in [5, 5.41) is 22.0. The van der Waals surface area contributed by atoms with Crippen LogP contribution in [0.4, 0.5) is 5.69 Å². The zero-order chi connectivity index (χ0) is 26.1. The Morgan fingerprint density at radius 2 is 1.92 bits per heavy atom. The molecule has 2 amide bonds. The van der Waals surface area contributed by atoms with Gasteiger partial charge < -0.3 is 14.6 Å². The van der Waals surface area contributed by atoms with Gasteiger partial charge in [-0.05, 0) is 26.0 Å². The Balaban J connectivity index is 1.35. The van der Waals surface area contributed by atoms with E-state index in [1.165, 1.54) is 11.0 Å². The second-order valence-corrected chi connectivity index (χ2v) is 10.4. The number of halogens is 1. The number of fused-ring (bicyclic) bond motifs is 6. The molecule has 3 aromatic rings. The van der Waals surface area contributed by atoms with Gasteiger partial charge >= 0.3 is 0 Å². The van der Waals surface area contributed by atoms with Crippen molar-refractivity contribution < 1.29 is 24.2 Å². The highest BCUT2D eigenvalue weighted by molar-refractivity contribution is 6.29. The smallest absolute Gasteiger partial charge is 0.240 e. The lowest BCUT2D eigenvalue weighted by molar-refractivity contribution is -0.134. The molecule has 6 rings (SSSR count). The maximum atomic E-state index is 14.0. The number of anilines is 1. The molecule has 9 nitrogen and oxygen atoms in total. The molecule has 10 heteroatoms. The Morgan fingerprint density at radius 1 is 1.19 bits per heavy atom. The fourth-order valence-electron chi connectivity index (χ4n) is 6.35. The molecule has 188 valence electrons. The number of aromatic nitrogens is 2. The molecule has 0 spiro atoms. The first-order chi connectivity index (χ1) is 17.7. The highest BCUT2D eigenvalue weighted by Crippen LogP contribution is 2.62. The molecule has 1 aromatic heterocycles. The Kier molecular flexibility index (Phi) is 5.28. The van der Waals surface area contributed by atoms with Gasteiger partial charge in [0.25, 0.3) is 0 Å². The van der Waals surface area contributed by atoms with Gasteiger partial charge in [0.15, 0.2) is 0 Å². The Hall–Kier alpha value is -3.58. The number of rotatable bonds is 5. The summed E-state index contributed by atoms with van der Waals surface area (Å²) in [5.74, 6) is -1.64. The predicted molar refractivity (Wildman–Crippen MR) is 133 cm³/mol. The van der Waals surface area contributed by atoms with Crippen LogP contribution in [0.3, 0.4) is 0 Å². The maximum absolute atomic E-state index is 14.0. The highest BCUT2D eigenvalue weighted by atomic mass is 35.5. The first kappa shape index (κ1) is 23.8. The molecule has 5 atom stereocenters. The van der Waals surface area contributed by atoms with Gasteiger partial charge in [-0.15, -0.1) is 0 Å². The molecule has 0 unspecified atom stereocenters.